The Labute approximate surface area is 117 Å². The predicted molar refractivity (Wildman–Crippen MR) is 78.9 cm³/mol. The van der Waals surface area contributed by atoms with Crippen LogP contribution < -0.4 is 0 Å². The van der Waals surface area contributed by atoms with E-state index in [1.54, 1.807) is 0 Å². The first kappa shape index (κ1) is 11.7. The minimum absolute atomic E-state index is 1.03. The number of rotatable bonds is 2. The van der Waals surface area contributed by atoms with Gasteiger partial charge in [-0.3, -0.25) is 0 Å². The highest BCUT2D eigenvalue weighted by Crippen LogP contribution is 2.25. The van der Waals surface area contributed by atoms with E-state index in [-0.39, 0.29) is 0 Å². The standard InChI is InChI=1S/C8H6I3Si/c9-6-1-2-7(10)8(11)5(6)3-4-12/h1-2H,3-4H2. The number of halogens is 3. The lowest BCUT2D eigenvalue weighted by Crippen LogP contribution is -1.95. The Morgan fingerprint density at radius 2 is 1.67 bits per heavy atom. The van der Waals surface area contributed by atoms with Crippen LogP contribution in [0.3, 0.4) is 0 Å². The van der Waals surface area contributed by atoms with Gasteiger partial charge in [0.15, 0.2) is 0 Å². The quantitative estimate of drug-likeness (QED) is 0.324. The zero-order chi connectivity index (χ0) is 9.14. The lowest BCUT2D eigenvalue weighted by Gasteiger charge is -2.07. The van der Waals surface area contributed by atoms with Crippen LogP contribution in [0.1, 0.15) is 5.56 Å². The van der Waals surface area contributed by atoms with Crippen molar-refractivity contribution in [2.45, 2.75) is 12.5 Å². The van der Waals surface area contributed by atoms with Gasteiger partial charge in [0.05, 0.1) is 0 Å². The fraction of sp³-hybridized carbons (Fsp3) is 0.250. The zero-order valence-electron chi connectivity index (χ0n) is 6.20. The molecule has 0 aliphatic heterocycles. The molecule has 0 aliphatic carbocycles. The summed E-state index contributed by atoms with van der Waals surface area (Å²) in [7, 11) is 3.52. The van der Waals surface area contributed by atoms with Crippen molar-refractivity contribution >= 4 is 78.0 Å². The number of hydrogen-bond donors (Lipinski definition) is 0. The molecule has 12 heavy (non-hydrogen) atoms. The highest BCUT2D eigenvalue weighted by molar-refractivity contribution is 14.1. The summed E-state index contributed by atoms with van der Waals surface area (Å²) in [5.41, 5.74) is 1.47. The summed E-state index contributed by atoms with van der Waals surface area (Å²) >= 11 is 7.20. The van der Waals surface area contributed by atoms with E-state index >= 15 is 0 Å². The second-order valence-corrected chi connectivity index (χ2v) is 6.22. The van der Waals surface area contributed by atoms with Gasteiger partial charge in [-0.05, 0) is 91.9 Å². The highest BCUT2D eigenvalue weighted by Gasteiger charge is 2.06. The maximum atomic E-state index is 3.52. The van der Waals surface area contributed by atoms with Gasteiger partial charge in [-0.25, -0.2) is 0 Å². The van der Waals surface area contributed by atoms with Gasteiger partial charge in [0.2, 0.25) is 0 Å². The van der Waals surface area contributed by atoms with Crippen LogP contribution in [-0.2, 0) is 6.42 Å². The second-order valence-electron chi connectivity index (χ2n) is 2.32. The third-order valence-electron chi connectivity index (χ3n) is 1.51. The van der Waals surface area contributed by atoms with E-state index in [4.69, 9.17) is 0 Å². The Hall–Kier alpha value is 1.63. The molecule has 0 saturated carbocycles. The summed E-state index contributed by atoms with van der Waals surface area (Å²) in [6, 6.07) is 5.38. The molecule has 1 rings (SSSR count). The maximum absolute atomic E-state index is 3.52. The average molecular weight is 511 g/mol. The van der Waals surface area contributed by atoms with Crippen molar-refractivity contribution in [3.8, 4) is 0 Å². The smallest absolute Gasteiger partial charge is 0.0306 e. The molecule has 0 amide bonds. The molecule has 63 valence electrons. The molecule has 0 bridgehead atoms. The van der Waals surface area contributed by atoms with Crippen LogP contribution in [0, 0.1) is 10.7 Å². The fourth-order valence-corrected chi connectivity index (χ4v) is 3.65. The lowest BCUT2D eigenvalue weighted by atomic mass is 10.2. The fourth-order valence-electron chi connectivity index (χ4n) is 0.923. The van der Waals surface area contributed by atoms with Gasteiger partial charge in [0.25, 0.3) is 0 Å². The zero-order valence-corrected chi connectivity index (χ0v) is 13.7. The van der Waals surface area contributed by atoms with Crippen LogP contribution in [-0.4, -0.2) is 10.2 Å². The summed E-state index contributed by atoms with van der Waals surface area (Å²) in [5, 5.41) is 0. The highest BCUT2D eigenvalue weighted by atomic mass is 127. The maximum Gasteiger partial charge on any atom is 0.0306 e. The SMILES string of the molecule is [Si]CCc1c(I)ccc(I)c1I. The minimum Gasteiger partial charge on any atom is -0.0596 e. The van der Waals surface area contributed by atoms with Gasteiger partial charge in [0.1, 0.15) is 0 Å². The van der Waals surface area contributed by atoms with Gasteiger partial charge in [-0.15, -0.1) is 0 Å². The molecule has 0 aromatic heterocycles. The third-order valence-corrected chi connectivity index (χ3v) is 5.94. The molecule has 0 N–H and O–H groups in total. The molecular formula is C8H6I3Si. The van der Waals surface area contributed by atoms with Gasteiger partial charge < -0.3 is 0 Å². The molecule has 3 radical (unpaired) electrons. The molecule has 0 unspecified atom stereocenters. The van der Waals surface area contributed by atoms with Gasteiger partial charge >= 0.3 is 0 Å². The predicted octanol–water partition coefficient (Wildman–Crippen LogP) is 3.63. The van der Waals surface area contributed by atoms with Crippen LogP contribution in [0.15, 0.2) is 12.1 Å². The molecule has 0 heterocycles. The molecule has 0 saturated heterocycles. The first-order valence-electron chi connectivity index (χ1n) is 3.43. The van der Waals surface area contributed by atoms with Crippen LogP contribution in [0.4, 0.5) is 0 Å². The Morgan fingerprint density at radius 3 is 2.25 bits per heavy atom. The molecule has 1 aromatic carbocycles. The summed E-state index contributed by atoms with van der Waals surface area (Å²) in [6.45, 7) is 0. The average Bonchev–Trinajstić information content (AvgIpc) is 2.06. The molecule has 1 aromatic rings. The molecule has 0 fully saturated rings. The Morgan fingerprint density at radius 1 is 1.08 bits per heavy atom. The molecular weight excluding hydrogens is 505 g/mol. The molecule has 0 nitrogen and oxygen atoms in total. The third kappa shape index (κ3) is 2.81. The van der Waals surface area contributed by atoms with Gasteiger partial charge in [-0.2, -0.15) is 0 Å². The van der Waals surface area contributed by atoms with E-state index in [2.05, 4.69) is 90.1 Å². The van der Waals surface area contributed by atoms with E-state index in [1.165, 1.54) is 16.3 Å². The van der Waals surface area contributed by atoms with Crippen LogP contribution >= 0.6 is 67.8 Å². The van der Waals surface area contributed by atoms with E-state index < -0.39 is 0 Å². The molecule has 4 heteroatoms. The second kappa shape index (κ2) is 5.49. The van der Waals surface area contributed by atoms with Crippen molar-refractivity contribution in [1.29, 1.82) is 0 Å². The van der Waals surface area contributed by atoms with Crippen molar-refractivity contribution in [1.82, 2.24) is 0 Å². The topological polar surface area (TPSA) is 0 Å². The molecule has 0 spiro atoms. The number of benzene rings is 1. The minimum atomic E-state index is 1.03. The number of hydrogen-bond acceptors (Lipinski definition) is 0. The summed E-state index contributed by atoms with van der Waals surface area (Å²) in [6.07, 6.45) is 1.12. The first-order chi connectivity index (χ1) is 5.66. The largest absolute Gasteiger partial charge is 0.0596 e. The summed E-state index contributed by atoms with van der Waals surface area (Å²) in [5.74, 6) is 0. The van der Waals surface area contributed by atoms with Crippen molar-refractivity contribution in [2.75, 3.05) is 0 Å². The van der Waals surface area contributed by atoms with Crippen LogP contribution in [0.25, 0.3) is 0 Å². The van der Waals surface area contributed by atoms with Crippen LogP contribution in [0.2, 0.25) is 6.04 Å². The van der Waals surface area contributed by atoms with Gasteiger partial charge in [-0.1, -0.05) is 6.04 Å². The molecule has 0 aliphatic rings. The van der Waals surface area contributed by atoms with Gasteiger partial charge in [0, 0.05) is 21.0 Å². The van der Waals surface area contributed by atoms with E-state index in [0.29, 0.717) is 0 Å². The van der Waals surface area contributed by atoms with Crippen molar-refractivity contribution in [3.05, 3.63) is 28.4 Å². The van der Waals surface area contributed by atoms with E-state index in [0.717, 1.165) is 12.5 Å². The Kier molecular flexibility index (Phi) is 5.36. The lowest BCUT2D eigenvalue weighted by molar-refractivity contribution is 1.10. The van der Waals surface area contributed by atoms with Crippen molar-refractivity contribution in [2.24, 2.45) is 0 Å². The van der Waals surface area contributed by atoms with Crippen molar-refractivity contribution in [3.63, 3.8) is 0 Å². The van der Waals surface area contributed by atoms with Crippen LogP contribution in [0.5, 0.6) is 0 Å². The van der Waals surface area contributed by atoms with Crippen molar-refractivity contribution < 1.29 is 0 Å². The van der Waals surface area contributed by atoms with E-state index in [9.17, 15) is 0 Å². The Bertz CT molecular complexity index is 286. The molecule has 0 atom stereocenters. The monoisotopic (exact) mass is 511 g/mol. The first-order valence-corrected chi connectivity index (χ1v) is 7.38. The Balaban J connectivity index is 3.14. The van der Waals surface area contributed by atoms with E-state index in [1.807, 2.05) is 0 Å². The summed E-state index contributed by atoms with van der Waals surface area (Å²) < 4.78 is 4.12. The normalized spacial score (nSPS) is 10.3. The summed E-state index contributed by atoms with van der Waals surface area (Å²) in [4.78, 5) is 0.